The van der Waals surface area contributed by atoms with Gasteiger partial charge in [0.1, 0.15) is 26.2 Å². The van der Waals surface area contributed by atoms with Crippen molar-refractivity contribution in [1.82, 2.24) is 29.5 Å². The minimum absolute atomic E-state index is 0.137. The van der Waals surface area contributed by atoms with Gasteiger partial charge in [-0.3, -0.25) is 0 Å². The van der Waals surface area contributed by atoms with Gasteiger partial charge >= 0.3 is 6.09 Å². The molecule has 0 radical (unpaired) electrons. The molecule has 10 rings (SSSR count). The Morgan fingerprint density at radius 3 is 1.97 bits per heavy atom. The molecule has 3 aliphatic rings. The van der Waals surface area contributed by atoms with Gasteiger partial charge in [-0.25, -0.2) is 18.9 Å². The Kier molecular flexibility index (Phi) is 12.2. The minimum Gasteiger partial charge on any atom is -0.444 e. The number of carbonyl (C=O) groups excluding carboxylic acids is 1. The lowest BCUT2D eigenvalue weighted by Crippen LogP contribution is -2.59. The summed E-state index contributed by atoms with van der Waals surface area (Å²) in [7, 11) is 0. The summed E-state index contributed by atoms with van der Waals surface area (Å²) in [5.74, 6) is 0.434. The van der Waals surface area contributed by atoms with Crippen LogP contribution in [0.1, 0.15) is 82.6 Å². The number of piperidine rings is 1. The van der Waals surface area contributed by atoms with Crippen molar-refractivity contribution in [3.8, 4) is 11.1 Å². The first kappa shape index (κ1) is 45.5. The average molecular weight is 1030 g/mol. The van der Waals surface area contributed by atoms with E-state index in [2.05, 4.69) is 128 Å². The fraction of sp³-hybridized carbons (Fsp3) is 0.370. The number of ether oxygens (including phenoxy) is 1. The zero-order chi connectivity index (χ0) is 46.8. The highest BCUT2D eigenvalue weighted by molar-refractivity contribution is 14.1. The predicted molar refractivity (Wildman–Crippen MR) is 276 cm³/mol. The fourth-order valence-electron chi connectivity index (χ4n) is 10.5. The van der Waals surface area contributed by atoms with Crippen molar-refractivity contribution < 1.29 is 13.9 Å². The number of benzene rings is 5. The largest absolute Gasteiger partial charge is 0.444 e. The summed E-state index contributed by atoms with van der Waals surface area (Å²) >= 11 is 9.76. The molecule has 10 nitrogen and oxygen atoms in total. The number of carbonyl (C=O) groups is 1. The van der Waals surface area contributed by atoms with E-state index in [1.807, 2.05) is 65.0 Å². The highest BCUT2D eigenvalue weighted by Gasteiger charge is 2.42. The van der Waals surface area contributed by atoms with Gasteiger partial charge in [0.15, 0.2) is 5.82 Å². The van der Waals surface area contributed by atoms with E-state index in [9.17, 15) is 4.79 Å². The lowest BCUT2D eigenvalue weighted by Gasteiger charge is -2.45. The summed E-state index contributed by atoms with van der Waals surface area (Å²) in [5.41, 5.74) is 4.35. The number of aryl methyl sites for hydroxylation is 1. The molecular weight excluding hydrogens is 974 g/mol. The zero-order valence-corrected chi connectivity index (χ0v) is 41.9. The third-order valence-corrected chi connectivity index (χ3v) is 14.9. The van der Waals surface area contributed by atoms with Gasteiger partial charge < -0.3 is 24.8 Å². The van der Waals surface area contributed by atoms with Gasteiger partial charge in [-0.2, -0.15) is 10.1 Å². The predicted octanol–water partition coefficient (Wildman–Crippen LogP) is 12.1. The van der Waals surface area contributed by atoms with Gasteiger partial charge in [0, 0.05) is 72.2 Å². The molecule has 2 aromatic heterocycles. The molecule has 0 spiro atoms. The lowest BCUT2D eigenvalue weighted by atomic mass is 9.77. The standard InChI is InChI=1S/C54H57ClFIN8O2/c1-33-22-25-43-46(49(57)61-65(43)54(36-16-10-7-11-17-36,37-18-12-8-13-19-37)38-20-14-9-15-21-38)44(33)45-42(55)30-41-48(47(45)56)59-51(58-39-26-28-62(29-27-39)40-23-24-40)60-50(41)63-31-35(3)64(32-34(63)2)52(66)67-53(4,5)6/h7-22,25,30,34-35,39-40H,23-24,26-29,31-32H2,1-6H3,(H,58,59,60). The molecule has 1 saturated carbocycles. The number of likely N-dealkylation sites (tertiary alicyclic amines) is 1. The summed E-state index contributed by atoms with van der Waals surface area (Å²) < 4.78 is 27.0. The van der Waals surface area contributed by atoms with Crippen molar-refractivity contribution in [1.29, 1.82) is 0 Å². The van der Waals surface area contributed by atoms with Crippen molar-refractivity contribution in [2.75, 3.05) is 36.4 Å². The number of amides is 1. The smallest absolute Gasteiger partial charge is 0.410 e. The molecule has 5 aromatic carbocycles. The molecule has 2 saturated heterocycles. The first-order valence-corrected chi connectivity index (χ1v) is 25.0. The van der Waals surface area contributed by atoms with E-state index in [4.69, 9.17) is 31.4 Å². The van der Waals surface area contributed by atoms with E-state index >= 15 is 4.39 Å². The molecule has 0 bridgehead atoms. The molecule has 1 amide bonds. The molecule has 2 atom stereocenters. The summed E-state index contributed by atoms with van der Waals surface area (Å²) in [4.78, 5) is 30.2. The Hall–Kier alpha value is -5.31. The lowest BCUT2D eigenvalue weighted by molar-refractivity contribution is 0.0130. The Bertz CT molecular complexity index is 2860. The van der Waals surface area contributed by atoms with Crippen LogP contribution in [0.2, 0.25) is 5.02 Å². The Morgan fingerprint density at radius 2 is 1.40 bits per heavy atom. The molecule has 67 heavy (non-hydrogen) atoms. The summed E-state index contributed by atoms with van der Waals surface area (Å²) in [6.07, 6.45) is 4.10. The van der Waals surface area contributed by atoms with Gasteiger partial charge in [-0.1, -0.05) is 109 Å². The second-order valence-electron chi connectivity index (χ2n) is 19.6. The number of rotatable bonds is 9. The topological polar surface area (TPSA) is 91.7 Å². The summed E-state index contributed by atoms with van der Waals surface area (Å²) in [6.45, 7) is 14.6. The number of piperazine rings is 1. The SMILES string of the molecule is Cc1ccc2c(c(I)nn2C(c2ccccc2)(c2ccccc2)c2ccccc2)c1-c1c(Cl)cc2c(N3CC(C)N(C(=O)OC(C)(C)C)CC3C)nc(NC3CCN(C4CC4)CC3)nc2c1F. The zero-order valence-electron chi connectivity index (χ0n) is 38.9. The van der Waals surface area contributed by atoms with Gasteiger partial charge in [-0.05, 0) is 124 Å². The van der Waals surface area contributed by atoms with Gasteiger partial charge in [0.05, 0.1) is 10.5 Å². The number of nitrogens with zero attached hydrogens (tertiary/aromatic N) is 7. The number of hydrogen-bond donors (Lipinski definition) is 1. The van der Waals surface area contributed by atoms with Crippen molar-refractivity contribution in [3.05, 3.63) is 146 Å². The van der Waals surface area contributed by atoms with Crippen LogP contribution in [0, 0.1) is 16.4 Å². The summed E-state index contributed by atoms with van der Waals surface area (Å²) in [5, 5.41) is 10.6. The number of anilines is 2. The number of nitrogens with one attached hydrogen (secondary N) is 1. The Balaban J connectivity index is 1.15. The van der Waals surface area contributed by atoms with Crippen molar-refractivity contribution in [3.63, 3.8) is 0 Å². The fourth-order valence-corrected chi connectivity index (χ4v) is 11.5. The molecule has 1 aliphatic carbocycles. The maximum absolute atomic E-state index is 18.3. The van der Waals surface area contributed by atoms with Crippen molar-refractivity contribution >= 4 is 73.9 Å². The van der Waals surface area contributed by atoms with Crippen LogP contribution in [0.5, 0.6) is 0 Å². The van der Waals surface area contributed by atoms with Crippen LogP contribution in [0.3, 0.4) is 0 Å². The molecule has 4 heterocycles. The molecule has 13 heteroatoms. The van der Waals surface area contributed by atoms with E-state index in [0.29, 0.717) is 45.5 Å². The first-order chi connectivity index (χ1) is 32.2. The third kappa shape index (κ3) is 8.41. The minimum atomic E-state index is -0.900. The molecule has 2 unspecified atom stereocenters. The van der Waals surface area contributed by atoms with Crippen molar-refractivity contribution in [2.45, 2.75) is 103 Å². The van der Waals surface area contributed by atoms with Crippen LogP contribution >= 0.6 is 34.2 Å². The molecular formula is C54H57ClFIN8O2. The second-order valence-corrected chi connectivity index (χ2v) is 21.1. The second kappa shape index (κ2) is 18.0. The number of aromatic nitrogens is 4. The number of hydrogen-bond acceptors (Lipinski definition) is 8. The van der Waals surface area contributed by atoms with Gasteiger partial charge in [0.25, 0.3) is 0 Å². The first-order valence-electron chi connectivity index (χ1n) is 23.5. The normalized spacial score (nSPS) is 18.8. The van der Waals surface area contributed by atoms with Crippen LogP contribution in [0.25, 0.3) is 32.9 Å². The molecule has 3 fully saturated rings. The third-order valence-electron chi connectivity index (χ3n) is 13.8. The van der Waals surface area contributed by atoms with E-state index < -0.39 is 17.0 Å². The van der Waals surface area contributed by atoms with E-state index in [-0.39, 0.29) is 40.3 Å². The van der Waals surface area contributed by atoms with E-state index in [0.717, 1.165) is 59.1 Å². The quantitative estimate of drug-likeness (QED) is 0.113. The Morgan fingerprint density at radius 1 is 0.806 bits per heavy atom. The molecule has 2 aliphatic heterocycles. The number of halogens is 3. The number of fused-ring (bicyclic) bond motifs is 2. The van der Waals surface area contributed by atoms with Crippen LogP contribution < -0.4 is 10.2 Å². The summed E-state index contributed by atoms with van der Waals surface area (Å²) in [6, 6.07) is 37.7. The van der Waals surface area contributed by atoms with Crippen LogP contribution in [0.15, 0.2) is 109 Å². The van der Waals surface area contributed by atoms with Crippen LogP contribution in [-0.4, -0.2) is 91.6 Å². The maximum atomic E-state index is 18.3. The van der Waals surface area contributed by atoms with Gasteiger partial charge in [-0.15, -0.1) is 0 Å². The molecule has 1 N–H and O–H groups in total. The molecule has 7 aromatic rings. The van der Waals surface area contributed by atoms with Crippen LogP contribution in [-0.2, 0) is 10.3 Å². The van der Waals surface area contributed by atoms with E-state index in [1.54, 1.807) is 4.90 Å². The monoisotopic (exact) mass is 1030 g/mol. The van der Waals surface area contributed by atoms with E-state index in [1.165, 1.54) is 12.8 Å². The van der Waals surface area contributed by atoms with Crippen LogP contribution in [0.4, 0.5) is 21.0 Å². The highest BCUT2D eigenvalue weighted by Crippen LogP contribution is 2.48. The van der Waals surface area contributed by atoms with Crippen molar-refractivity contribution in [2.24, 2.45) is 0 Å². The average Bonchev–Trinajstić information content (AvgIpc) is 4.11. The molecule has 346 valence electrons. The highest BCUT2D eigenvalue weighted by atomic mass is 127. The van der Waals surface area contributed by atoms with Gasteiger partial charge in [0.2, 0.25) is 5.95 Å². The maximum Gasteiger partial charge on any atom is 0.410 e. The Labute approximate surface area is 411 Å².